The van der Waals surface area contributed by atoms with Crippen molar-refractivity contribution in [3.63, 3.8) is 0 Å². The van der Waals surface area contributed by atoms with Crippen molar-refractivity contribution >= 4 is 27.9 Å². The second-order valence-electron chi connectivity index (χ2n) is 6.70. The van der Waals surface area contributed by atoms with E-state index in [0.29, 0.717) is 39.2 Å². The number of fused-ring (bicyclic) bond motifs is 2. The number of ether oxygens (including phenoxy) is 2. The van der Waals surface area contributed by atoms with Crippen molar-refractivity contribution in [3.05, 3.63) is 64.5 Å². The molecule has 0 saturated heterocycles. The molecule has 1 unspecified atom stereocenters. The summed E-state index contributed by atoms with van der Waals surface area (Å²) >= 11 is 0. The SMILES string of the molecule is CCOC(=O)C(C)Oc1ccc2c(=O)c(-c3cc4ccccc4o3)coc2c1C. The number of hydrogen-bond donors (Lipinski definition) is 0. The number of esters is 1. The third-order valence-corrected chi connectivity index (χ3v) is 4.75. The maximum absolute atomic E-state index is 13.0. The van der Waals surface area contributed by atoms with Gasteiger partial charge in [-0.25, -0.2) is 4.79 Å². The van der Waals surface area contributed by atoms with E-state index in [1.54, 1.807) is 32.9 Å². The van der Waals surface area contributed by atoms with Gasteiger partial charge in [0.25, 0.3) is 0 Å². The Morgan fingerprint density at radius 1 is 1.17 bits per heavy atom. The maximum atomic E-state index is 13.0. The zero-order valence-corrected chi connectivity index (χ0v) is 16.4. The standard InChI is InChI=1S/C23H20O6/c1-4-26-23(25)14(3)28-18-10-9-16-21(24)17(12-27-22(16)13(18)2)20-11-15-7-5-6-8-19(15)29-20/h5-12,14H,4H2,1-3H3. The van der Waals surface area contributed by atoms with Gasteiger partial charge in [0, 0.05) is 10.9 Å². The zero-order valence-electron chi connectivity index (χ0n) is 16.4. The Morgan fingerprint density at radius 2 is 1.97 bits per heavy atom. The average Bonchev–Trinajstić information content (AvgIpc) is 3.14. The molecule has 0 aliphatic carbocycles. The quantitative estimate of drug-likeness (QED) is 0.452. The van der Waals surface area contributed by atoms with E-state index in [-0.39, 0.29) is 12.0 Å². The fourth-order valence-electron chi connectivity index (χ4n) is 3.23. The van der Waals surface area contributed by atoms with Gasteiger partial charge >= 0.3 is 5.97 Å². The van der Waals surface area contributed by atoms with Crippen LogP contribution in [0.1, 0.15) is 19.4 Å². The van der Waals surface area contributed by atoms with Crippen LogP contribution in [-0.4, -0.2) is 18.7 Å². The van der Waals surface area contributed by atoms with Crippen molar-refractivity contribution in [2.75, 3.05) is 6.61 Å². The Bertz CT molecular complexity index is 1230. The van der Waals surface area contributed by atoms with Gasteiger partial charge in [0.15, 0.2) is 6.10 Å². The molecule has 2 aromatic heterocycles. The van der Waals surface area contributed by atoms with E-state index < -0.39 is 12.1 Å². The molecule has 148 valence electrons. The largest absolute Gasteiger partial charge is 0.479 e. The first-order chi connectivity index (χ1) is 14.0. The van der Waals surface area contributed by atoms with Crippen LogP contribution in [0, 0.1) is 6.92 Å². The summed E-state index contributed by atoms with van der Waals surface area (Å²) in [4.78, 5) is 24.9. The van der Waals surface area contributed by atoms with Gasteiger partial charge in [0.2, 0.25) is 5.43 Å². The second-order valence-corrected chi connectivity index (χ2v) is 6.70. The lowest BCUT2D eigenvalue weighted by molar-refractivity contribution is -0.150. The summed E-state index contributed by atoms with van der Waals surface area (Å²) in [6.45, 7) is 5.41. The molecule has 6 heteroatoms. The van der Waals surface area contributed by atoms with E-state index in [9.17, 15) is 9.59 Å². The van der Waals surface area contributed by atoms with Crippen LogP contribution in [0.4, 0.5) is 0 Å². The van der Waals surface area contributed by atoms with Crippen LogP contribution < -0.4 is 10.2 Å². The van der Waals surface area contributed by atoms with Crippen molar-refractivity contribution < 1.29 is 23.1 Å². The Hall–Kier alpha value is -3.54. The topological polar surface area (TPSA) is 78.9 Å². The fraction of sp³-hybridized carbons (Fsp3) is 0.217. The summed E-state index contributed by atoms with van der Waals surface area (Å²) in [5, 5.41) is 1.33. The number of carbonyl (C=O) groups is 1. The highest BCUT2D eigenvalue weighted by molar-refractivity contribution is 5.87. The number of para-hydroxylation sites is 1. The van der Waals surface area contributed by atoms with Crippen molar-refractivity contribution in [3.8, 4) is 17.1 Å². The van der Waals surface area contributed by atoms with E-state index in [1.165, 1.54) is 6.26 Å². The molecule has 1 atom stereocenters. The van der Waals surface area contributed by atoms with E-state index in [0.717, 1.165) is 5.39 Å². The predicted molar refractivity (Wildman–Crippen MR) is 109 cm³/mol. The van der Waals surface area contributed by atoms with Crippen molar-refractivity contribution in [1.29, 1.82) is 0 Å². The highest BCUT2D eigenvalue weighted by Crippen LogP contribution is 2.30. The molecule has 4 aromatic rings. The van der Waals surface area contributed by atoms with Gasteiger partial charge in [0.1, 0.15) is 34.5 Å². The van der Waals surface area contributed by atoms with Crippen LogP contribution in [-0.2, 0) is 9.53 Å². The molecule has 2 aromatic carbocycles. The molecule has 0 fully saturated rings. The van der Waals surface area contributed by atoms with Crippen LogP contribution in [0.5, 0.6) is 5.75 Å². The molecule has 29 heavy (non-hydrogen) atoms. The normalized spacial score (nSPS) is 12.2. The number of aryl methyl sites for hydroxylation is 1. The van der Waals surface area contributed by atoms with E-state index >= 15 is 0 Å². The number of furan rings is 1. The smallest absolute Gasteiger partial charge is 0.347 e. The predicted octanol–water partition coefficient (Wildman–Crippen LogP) is 4.85. The molecule has 4 rings (SSSR count). The van der Waals surface area contributed by atoms with Gasteiger partial charge in [-0.2, -0.15) is 0 Å². The van der Waals surface area contributed by atoms with Gasteiger partial charge in [-0.3, -0.25) is 4.79 Å². The van der Waals surface area contributed by atoms with Gasteiger partial charge in [-0.15, -0.1) is 0 Å². The Kier molecular flexibility index (Phi) is 4.84. The van der Waals surface area contributed by atoms with E-state index in [1.807, 2.05) is 30.3 Å². The Balaban J connectivity index is 1.74. The fourth-order valence-corrected chi connectivity index (χ4v) is 3.23. The molecule has 0 aliphatic heterocycles. The molecule has 0 radical (unpaired) electrons. The average molecular weight is 392 g/mol. The third-order valence-electron chi connectivity index (χ3n) is 4.75. The highest BCUT2D eigenvalue weighted by Gasteiger charge is 2.20. The summed E-state index contributed by atoms with van der Waals surface area (Å²) in [5.74, 6) is 0.460. The van der Waals surface area contributed by atoms with Crippen LogP contribution in [0.2, 0.25) is 0 Å². The van der Waals surface area contributed by atoms with Crippen LogP contribution in [0.25, 0.3) is 33.3 Å². The Morgan fingerprint density at radius 3 is 2.72 bits per heavy atom. The maximum Gasteiger partial charge on any atom is 0.347 e. The summed E-state index contributed by atoms with van der Waals surface area (Å²) in [5.41, 5.74) is 1.89. The number of hydrogen-bond acceptors (Lipinski definition) is 6. The van der Waals surface area contributed by atoms with Crippen molar-refractivity contribution in [1.82, 2.24) is 0 Å². The summed E-state index contributed by atoms with van der Waals surface area (Å²) in [6.07, 6.45) is 0.626. The minimum absolute atomic E-state index is 0.196. The van der Waals surface area contributed by atoms with Crippen LogP contribution >= 0.6 is 0 Å². The summed E-state index contributed by atoms with van der Waals surface area (Å²) < 4.78 is 22.3. The van der Waals surface area contributed by atoms with Crippen molar-refractivity contribution in [2.45, 2.75) is 26.9 Å². The molecule has 0 N–H and O–H groups in total. The molecule has 0 amide bonds. The van der Waals surface area contributed by atoms with Gasteiger partial charge in [0.05, 0.1) is 12.0 Å². The molecule has 6 nitrogen and oxygen atoms in total. The Labute approximate surface area is 166 Å². The molecule has 0 saturated carbocycles. The zero-order chi connectivity index (χ0) is 20.5. The molecule has 0 bridgehead atoms. The lowest BCUT2D eigenvalue weighted by atomic mass is 10.1. The summed E-state index contributed by atoms with van der Waals surface area (Å²) in [7, 11) is 0. The summed E-state index contributed by atoms with van der Waals surface area (Å²) in [6, 6.07) is 12.7. The number of rotatable bonds is 5. The van der Waals surface area contributed by atoms with E-state index in [2.05, 4.69) is 0 Å². The molecule has 0 aliphatic rings. The van der Waals surface area contributed by atoms with E-state index in [4.69, 9.17) is 18.3 Å². The molecule has 0 spiro atoms. The van der Waals surface area contributed by atoms with Crippen molar-refractivity contribution in [2.24, 2.45) is 0 Å². The molecular weight excluding hydrogens is 372 g/mol. The first kappa shape index (κ1) is 18.8. The minimum atomic E-state index is -0.771. The van der Waals surface area contributed by atoms with Crippen LogP contribution in [0.3, 0.4) is 0 Å². The third kappa shape index (κ3) is 3.38. The van der Waals surface area contributed by atoms with Gasteiger partial charge < -0.3 is 18.3 Å². The minimum Gasteiger partial charge on any atom is -0.479 e. The number of carbonyl (C=O) groups excluding carboxylic acids is 1. The highest BCUT2D eigenvalue weighted by atomic mass is 16.6. The first-order valence-corrected chi connectivity index (χ1v) is 9.37. The monoisotopic (exact) mass is 392 g/mol. The second kappa shape index (κ2) is 7.47. The first-order valence-electron chi connectivity index (χ1n) is 9.37. The van der Waals surface area contributed by atoms with Gasteiger partial charge in [-0.05, 0) is 45.0 Å². The lowest BCUT2D eigenvalue weighted by Gasteiger charge is -2.15. The van der Waals surface area contributed by atoms with Gasteiger partial charge in [-0.1, -0.05) is 18.2 Å². The number of benzene rings is 2. The molecular formula is C23H20O6. The van der Waals surface area contributed by atoms with Crippen LogP contribution in [0.15, 0.2) is 62.4 Å². The molecule has 2 heterocycles. The lowest BCUT2D eigenvalue weighted by Crippen LogP contribution is -2.26.